The zero-order chi connectivity index (χ0) is 10.7. The highest BCUT2D eigenvalue weighted by molar-refractivity contribution is 7.11. The number of carbonyl (C=O) groups excluding carboxylic acids is 1. The van der Waals surface area contributed by atoms with E-state index in [0.717, 1.165) is 35.8 Å². The summed E-state index contributed by atoms with van der Waals surface area (Å²) in [6.07, 6.45) is 3.66. The molecule has 1 aromatic rings. The largest absolute Gasteiger partial charge is 0.374 e. The summed E-state index contributed by atoms with van der Waals surface area (Å²) >= 11 is 1.63. The predicted molar refractivity (Wildman–Crippen MR) is 59.3 cm³/mol. The molecule has 0 amide bonds. The van der Waals surface area contributed by atoms with Crippen molar-refractivity contribution >= 4 is 17.1 Å². The smallest absolute Gasteiger partial charge is 0.182 e. The molecule has 0 fully saturated rings. The number of hydrogen-bond donors (Lipinski definition) is 0. The predicted octanol–water partition coefficient (Wildman–Crippen LogP) is 2.59. The van der Waals surface area contributed by atoms with Gasteiger partial charge in [0.05, 0.1) is 6.61 Å². The Morgan fingerprint density at radius 1 is 1.47 bits per heavy atom. The molecule has 1 aliphatic rings. The topological polar surface area (TPSA) is 39.2 Å². The van der Waals surface area contributed by atoms with Crippen molar-refractivity contribution < 1.29 is 9.53 Å². The second-order valence-corrected chi connectivity index (χ2v) is 4.88. The molecular weight excluding hydrogens is 210 g/mol. The maximum atomic E-state index is 11.5. The van der Waals surface area contributed by atoms with Crippen LogP contribution in [0.5, 0.6) is 0 Å². The van der Waals surface area contributed by atoms with Crippen molar-refractivity contribution in [2.75, 3.05) is 6.61 Å². The van der Waals surface area contributed by atoms with Crippen LogP contribution in [0.1, 0.15) is 46.6 Å². The van der Waals surface area contributed by atoms with E-state index in [4.69, 9.17) is 4.74 Å². The van der Waals surface area contributed by atoms with Crippen LogP contribution >= 0.6 is 11.3 Å². The second-order valence-electron chi connectivity index (χ2n) is 3.71. The van der Waals surface area contributed by atoms with Gasteiger partial charge in [0.1, 0.15) is 10.7 Å². The van der Waals surface area contributed by atoms with Crippen molar-refractivity contribution in [3.63, 3.8) is 0 Å². The Labute approximate surface area is 93.5 Å². The lowest BCUT2D eigenvalue weighted by Crippen LogP contribution is -2.09. The Balaban J connectivity index is 2.05. The number of nitrogens with zero attached hydrogens (tertiary/aromatic N) is 1. The number of aromatic nitrogens is 1. The summed E-state index contributed by atoms with van der Waals surface area (Å²) in [4.78, 5) is 17.0. The molecule has 0 unspecified atom stereocenters. The molecule has 0 bridgehead atoms. The average molecular weight is 225 g/mol. The van der Waals surface area contributed by atoms with E-state index in [-0.39, 0.29) is 5.78 Å². The van der Waals surface area contributed by atoms with Crippen molar-refractivity contribution in [3.8, 4) is 0 Å². The van der Waals surface area contributed by atoms with Crippen LogP contribution in [-0.2, 0) is 17.8 Å². The molecule has 0 aliphatic heterocycles. The number of Topliss-reactive ketones (excluding diaryl/α,β-unsaturated/α-hetero) is 1. The number of fused-ring (bicyclic) bond motifs is 1. The van der Waals surface area contributed by atoms with Crippen molar-refractivity contribution in [1.29, 1.82) is 0 Å². The number of carbonyl (C=O) groups is 1. The van der Waals surface area contributed by atoms with Gasteiger partial charge in [0.2, 0.25) is 0 Å². The van der Waals surface area contributed by atoms with Gasteiger partial charge in [0.15, 0.2) is 5.78 Å². The number of hydrogen-bond acceptors (Lipinski definition) is 4. The normalized spacial score (nSPS) is 15.4. The van der Waals surface area contributed by atoms with Gasteiger partial charge in [-0.1, -0.05) is 6.92 Å². The molecule has 0 spiro atoms. The average Bonchev–Trinajstić information content (AvgIpc) is 2.63. The number of thiazole rings is 1. The van der Waals surface area contributed by atoms with E-state index in [0.29, 0.717) is 18.7 Å². The van der Waals surface area contributed by atoms with E-state index < -0.39 is 0 Å². The molecule has 0 radical (unpaired) electrons. The van der Waals surface area contributed by atoms with Crippen LogP contribution in [0.2, 0.25) is 0 Å². The third kappa shape index (κ3) is 2.44. The van der Waals surface area contributed by atoms with Gasteiger partial charge in [-0.3, -0.25) is 4.79 Å². The Kier molecular flexibility index (Phi) is 3.49. The second kappa shape index (κ2) is 4.86. The fraction of sp³-hybridized carbons (Fsp3) is 0.636. The third-order valence-corrected chi connectivity index (χ3v) is 3.48. The number of rotatable bonds is 4. The summed E-state index contributed by atoms with van der Waals surface area (Å²) in [7, 11) is 0. The van der Waals surface area contributed by atoms with Crippen LogP contribution in [0.25, 0.3) is 0 Å². The highest BCUT2D eigenvalue weighted by Gasteiger charge is 2.21. The maximum absolute atomic E-state index is 11.5. The highest BCUT2D eigenvalue weighted by atomic mass is 32.1. The first-order chi connectivity index (χ1) is 7.31. The molecule has 0 atom stereocenters. The minimum absolute atomic E-state index is 0.203. The summed E-state index contributed by atoms with van der Waals surface area (Å²) in [5.74, 6) is 0.203. The Hall–Kier alpha value is -0.740. The van der Waals surface area contributed by atoms with Gasteiger partial charge in [-0.25, -0.2) is 4.98 Å². The first kappa shape index (κ1) is 10.8. The molecule has 1 aliphatic carbocycles. The Bertz CT molecular complexity index is 359. The molecule has 3 nitrogen and oxygen atoms in total. The Morgan fingerprint density at radius 2 is 2.33 bits per heavy atom. The van der Waals surface area contributed by atoms with Gasteiger partial charge in [-0.2, -0.15) is 0 Å². The van der Waals surface area contributed by atoms with Crippen molar-refractivity contribution in [1.82, 2.24) is 4.98 Å². The minimum atomic E-state index is 0.203. The summed E-state index contributed by atoms with van der Waals surface area (Å²) in [5, 5.41) is 0.948. The number of ether oxygens (including phenoxy) is 1. The quantitative estimate of drug-likeness (QED) is 0.739. The van der Waals surface area contributed by atoms with E-state index >= 15 is 0 Å². The van der Waals surface area contributed by atoms with Gasteiger partial charge >= 0.3 is 0 Å². The van der Waals surface area contributed by atoms with Crippen molar-refractivity contribution in [3.05, 3.63) is 15.6 Å². The lowest BCUT2D eigenvalue weighted by Gasteiger charge is -2.06. The van der Waals surface area contributed by atoms with Crippen LogP contribution in [0, 0.1) is 0 Å². The molecule has 4 heteroatoms. The van der Waals surface area contributed by atoms with Gasteiger partial charge in [0, 0.05) is 17.9 Å². The van der Waals surface area contributed by atoms with Crippen LogP contribution in [-0.4, -0.2) is 17.4 Å². The van der Waals surface area contributed by atoms with Crippen molar-refractivity contribution in [2.24, 2.45) is 0 Å². The zero-order valence-electron chi connectivity index (χ0n) is 8.91. The monoisotopic (exact) mass is 225 g/mol. The van der Waals surface area contributed by atoms with E-state index in [1.807, 2.05) is 0 Å². The molecular formula is C11H15NO2S. The molecule has 0 saturated carbocycles. The van der Waals surface area contributed by atoms with Gasteiger partial charge < -0.3 is 4.74 Å². The molecule has 0 saturated heterocycles. The maximum Gasteiger partial charge on any atom is 0.182 e. The van der Waals surface area contributed by atoms with Gasteiger partial charge in [0.25, 0.3) is 0 Å². The fourth-order valence-electron chi connectivity index (χ4n) is 1.68. The van der Waals surface area contributed by atoms with Crippen molar-refractivity contribution in [2.45, 2.75) is 39.2 Å². The summed E-state index contributed by atoms with van der Waals surface area (Å²) in [5.41, 5.74) is 0.710. The fourth-order valence-corrected chi connectivity index (χ4v) is 2.75. The number of aryl methyl sites for hydroxylation is 1. The highest BCUT2D eigenvalue weighted by Crippen LogP contribution is 2.26. The van der Waals surface area contributed by atoms with E-state index in [9.17, 15) is 4.79 Å². The molecule has 1 heterocycles. The first-order valence-electron chi connectivity index (χ1n) is 5.40. The zero-order valence-corrected chi connectivity index (χ0v) is 9.73. The Morgan fingerprint density at radius 3 is 3.07 bits per heavy atom. The lowest BCUT2D eigenvalue weighted by atomic mass is 10.0. The molecule has 15 heavy (non-hydrogen) atoms. The van der Waals surface area contributed by atoms with Gasteiger partial charge in [-0.05, 0) is 19.3 Å². The van der Waals surface area contributed by atoms with E-state index in [1.165, 1.54) is 0 Å². The van der Waals surface area contributed by atoms with Crippen LogP contribution < -0.4 is 0 Å². The number of ketones is 1. The van der Waals surface area contributed by atoms with E-state index in [1.54, 1.807) is 11.3 Å². The summed E-state index contributed by atoms with van der Waals surface area (Å²) in [6, 6.07) is 0. The first-order valence-corrected chi connectivity index (χ1v) is 6.22. The standard InChI is InChI=1S/C11H15NO2S/c1-2-6-14-7-10-12-11-8(13)4-3-5-9(11)15-10/h2-7H2,1H3. The van der Waals surface area contributed by atoms with E-state index in [2.05, 4.69) is 11.9 Å². The minimum Gasteiger partial charge on any atom is -0.374 e. The van der Waals surface area contributed by atoms with Crippen LogP contribution in [0.15, 0.2) is 0 Å². The van der Waals surface area contributed by atoms with Crippen LogP contribution in [0.4, 0.5) is 0 Å². The molecule has 0 aromatic carbocycles. The summed E-state index contributed by atoms with van der Waals surface area (Å²) in [6.45, 7) is 3.40. The SMILES string of the molecule is CCCOCc1nc2c(s1)CCCC2=O. The molecule has 0 N–H and O–H groups in total. The summed E-state index contributed by atoms with van der Waals surface area (Å²) < 4.78 is 5.42. The third-order valence-electron chi connectivity index (χ3n) is 2.39. The van der Waals surface area contributed by atoms with Gasteiger partial charge in [-0.15, -0.1) is 11.3 Å². The molecule has 1 aromatic heterocycles. The molecule has 82 valence electrons. The van der Waals surface area contributed by atoms with Crippen LogP contribution in [0.3, 0.4) is 0 Å². The molecule has 2 rings (SSSR count). The lowest BCUT2D eigenvalue weighted by molar-refractivity contribution is 0.0966.